The number of rotatable bonds is 2. The fourth-order valence-corrected chi connectivity index (χ4v) is 1.63. The molecular formula is C8H16NO2+. The molecule has 0 unspecified atom stereocenters. The Balaban J connectivity index is 1.84. The average molecular weight is 158 g/mol. The van der Waals surface area contributed by atoms with Crippen molar-refractivity contribution in [1.82, 2.24) is 0 Å². The molecule has 64 valence electrons. The minimum Gasteiger partial charge on any atom is -0.370 e. The molecule has 3 nitrogen and oxygen atoms in total. The number of quaternary nitrogens is 1. The molecule has 2 aliphatic rings. The molecule has 0 amide bonds. The molecule has 0 radical (unpaired) electrons. The summed E-state index contributed by atoms with van der Waals surface area (Å²) < 4.78 is 11.7. The summed E-state index contributed by atoms with van der Waals surface area (Å²) in [5, 5.41) is 0. The molecule has 1 atom stereocenters. The Hall–Kier alpha value is -0.120. The molecule has 0 bridgehead atoms. The molecule has 0 aromatic rings. The van der Waals surface area contributed by atoms with Gasteiger partial charge in [-0.25, -0.2) is 0 Å². The van der Waals surface area contributed by atoms with E-state index in [2.05, 4.69) is 7.05 Å². The zero-order valence-electron chi connectivity index (χ0n) is 7.08. The second-order valence-electron chi connectivity index (χ2n) is 3.82. The first-order valence-electron chi connectivity index (χ1n) is 4.31. The standard InChI is InChI=1S/C8H16NO2/c1-9(6-8-7-11-8)2-4-10-5-3-9/h8H,2-7H2,1H3/q+1/t8-/m0/s1. The van der Waals surface area contributed by atoms with E-state index < -0.39 is 0 Å². The quantitative estimate of drug-likeness (QED) is 0.412. The van der Waals surface area contributed by atoms with Gasteiger partial charge in [-0.05, 0) is 0 Å². The molecule has 0 spiro atoms. The Morgan fingerprint density at radius 1 is 1.36 bits per heavy atom. The van der Waals surface area contributed by atoms with Crippen molar-refractivity contribution in [1.29, 1.82) is 0 Å². The smallest absolute Gasteiger partial charge is 0.130 e. The van der Waals surface area contributed by atoms with Gasteiger partial charge >= 0.3 is 0 Å². The van der Waals surface area contributed by atoms with Crippen LogP contribution in [0, 0.1) is 0 Å². The van der Waals surface area contributed by atoms with Crippen LogP contribution in [-0.4, -0.2) is 57.1 Å². The number of hydrogen-bond acceptors (Lipinski definition) is 2. The van der Waals surface area contributed by atoms with Crippen LogP contribution in [-0.2, 0) is 9.47 Å². The zero-order valence-corrected chi connectivity index (χ0v) is 7.08. The number of hydrogen-bond donors (Lipinski definition) is 0. The second-order valence-corrected chi connectivity index (χ2v) is 3.82. The molecule has 0 aliphatic carbocycles. The minimum absolute atomic E-state index is 0.554. The molecule has 0 N–H and O–H groups in total. The first kappa shape index (κ1) is 7.53. The number of likely N-dealkylation sites (N-methyl/N-ethyl adjacent to an activating group) is 1. The van der Waals surface area contributed by atoms with Crippen LogP contribution in [0.1, 0.15) is 0 Å². The lowest BCUT2D eigenvalue weighted by Crippen LogP contribution is -2.53. The summed E-state index contributed by atoms with van der Waals surface area (Å²) in [6.45, 7) is 6.31. The van der Waals surface area contributed by atoms with E-state index in [1.807, 2.05) is 0 Å². The fourth-order valence-electron chi connectivity index (χ4n) is 1.63. The van der Waals surface area contributed by atoms with Crippen molar-refractivity contribution < 1.29 is 14.0 Å². The molecule has 0 aromatic heterocycles. The lowest BCUT2D eigenvalue weighted by atomic mass is 10.3. The van der Waals surface area contributed by atoms with Crippen LogP contribution < -0.4 is 0 Å². The third-order valence-electron chi connectivity index (χ3n) is 2.60. The highest BCUT2D eigenvalue weighted by Crippen LogP contribution is 2.16. The maximum absolute atomic E-state index is 5.31. The Morgan fingerprint density at radius 2 is 2.00 bits per heavy atom. The summed E-state index contributed by atoms with van der Waals surface area (Å²) in [5.41, 5.74) is 0. The molecule has 2 heterocycles. The second kappa shape index (κ2) is 2.73. The summed E-state index contributed by atoms with van der Waals surface area (Å²) >= 11 is 0. The number of epoxide rings is 1. The van der Waals surface area contributed by atoms with E-state index in [1.54, 1.807) is 0 Å². The Labute approximate surface area is 67.5 Å². The van der Waals surface area contributed by atoms with Crippen molar-refractivity contribution in [2.24, 2.45) is 0 Å². The molecule has 3 heteroatoms. The highest BCUT2D eigenvalue weighted by molar-refractivity contribution is 4.68. The van der Waals surface area contributed by atoms with Crippen LogP contribution in [0.25, 0.3) is 0 Å². The maximum atomic E-state index is 5.31. The van der Waals surface area contributed by atoms with Crippen molar-refractivity contribution in [3.8, 4) is 0 Å². The highest BCUT2D eigenvalue weighted by atomic mass is 16.6. The third kappa shape index (κ3) is 1.92. The van der Waals surface area contributed by atoms with Gasteiger partial charge in [-0.3, -0.25) is 0 Å². The van der Waals surface area contributed by atoms with Crippen LogP contribution in [0.5, 0.6) is 0 Å². The number of nitrogens with zero attached hydrogens (tertiary/aromatic N) is 1. The van der Waals surface area contributed by atoms with E-state index in [4.69, 9.17) is 9.47 Å². The SMILES string of the molecule is C[N+]1(C[C@H]2CO2)CCOCC1. The minimum atomic E-state index is 0.554. The summed E-state index contributed by atoms with van der Waals surface area (Å²) in [6.07, 6.45) is 0.554. The largest absolute Gasteiger partial charge is 0.370 e. The van der Waals surface area contributed by atoms with Crippen LogP contribution in [0.4, 0.5) is 0 Å². The van der Waals surface area contributed by atoms with Gasteiger partial charge < -0.3 is 14.0 Å². The van der Waals surface area contributed by atoms with E-state index in [0.717, 1.165) is 37.4 Å². The fraction of sp³-hybridized carbons (Fsp3) is 1.00. The van der Waals surface area contributed by atoms with Gasteiger partial charge in [0.05, 0.1) is 26.9 Å². The van der Waals surface area contributed by atoms with E-state index in [0.29, 0.717) is 6.10 Å². The Morgan fingerprint density at radius 3 is 2.55 bits per heavy atom. The number of ether oxygens (including phenoxy) is 2. The van der Waals surface area contributed by atoms with Crippen molar-refractivity contribution in [2.45, 2.75) is 6.10 Å². The lowest BCUT2D eigenvalue weighted by molar-refractivity contribution is -0.917. The van der Waals surface area contributed by atoms with E-state index in [9.17, 15) is 0 Å². The predicted octanol–water partition coefficient (Wildman–Crippen LogP) is -0.138. The van der Waals surface area contributed by atoms with Gasteiger partial charge in [0.25, 0.3) is 0 Å². The van der Waals surface area contributed by atoms with Gasteiger partial charge in [0, 0.05) is 0 Å². The Kier molecular flexibility index (Phi) is 1.87. The van der Waals surface area contributed by atoms with Crippen LogP contribution in [0.3, 0.4) is 0 Å². The average Bonchev–Trinajstić information content (AvgIpc) is 2.72. The predicted molar refractivity (Wildman–Crippen MR) is 41.3 cm³/mol. The van der Waals surface area contributed by atoms with E-state index in [1.165, 1.54) is 6.54 Å². The van der Waals surface area contributed by atoms with Gasteiger partial charge in [-0.2, -0.15) is 0 Å². The van der Waals surface area contributed by atoms with Gasteiger partial charge in [0.2, 0.25) is 0 Å². The van der Waals surface area contributed by atoms with Gasteiger partial charge in [-0.15, -0.1) is 0 Å². The normalized spacial score (nSPS) is 35.2. The van der Waals surface area contributed by atoms with Gasteiger partial charge in [0.1, 0.15) is 25.7 Å². The van der Waals surface area contributed by atoms with Crippen LogP contribution in [0.15, 0.2) is 0 Å². The monoisotopic (exact) mass is 158 g/mol. The molecule has 0 aromatic carbocycles. The molecule has 2 rings (SSSR count). The summed E-state index contributed by atoms with van der Waals surface area (Å²) in [5.74, 6) is 0. The summed E-state index contributed by atoms with van der Waals surface area (Å²) in [6, 6.07) is 0. The highest BCUT2D eigenvalue weighted by Gasteiger charge is 2.35. The topological polar surface area (TPSA) is 21.8 Å². The van der Waals surface area contributed by atoms with Crippen molar-refractivity contribution in [3.05, 3.63) is 0 Å². The van der Waals surface area contributed by atoms with Crippen LogP contribution in [0.2, 0.25) is 0 Å². The van der Waals surface area contributed by atoms with Crippen molar-refractivity contribution in [3.63, 3.8) is 0 Å². The van der Waals surface area contributed by atoms with Gasteiger partial charge in [0.15, 0.2) is 0 Å². The molecule has 11 heavy (non-hydrogen) atoms. The molecule has 2 aliphatic heterocycles. The number of morpholine rings is 1. The Bertz CT molecular complexity index is 139. The first-order chi connectivity index (χ1) is 5.29. The molecule has 0 saturated carbocycles. The lowest BCUT2D eigenvalue weighted by Gasteiger charge is -2.37. The van der Waals surface area contributed by atoms with Gasteiger partial charge in [-0.1, -0.05) is 0 Å². The van der Waals surface area contributed by atoms with E-state index in [-0.39, 0.29) is 0 Å². The van der Waals surface area contributed by atoms with E-state index >= 15 is 0 Å². The summed E-state index contributed by atoms with van der Waals surface area (Å²) in [7, 11) is 2.30. The van der Waals surface area contributed by atoms with Crippen LogP contribution >= 0.6 is 0 Å². The molecular weight excluding hydrogens is 142 g/mol. The van der Waals surface area contributed by atoms with Crippen molar-refractivity contribution >= 4 is 0 Å². The third-order valence-corrected chi connectivity index (χ3v) is 2.60. The molecule has 2 fully saturated rings. The van der Waals surface area contributed by atoms with Crippen molar-refractivity contribution in [2.75, 3.05) is 46.5 Å². The maximum Gasteiger partial charge on any atom is 0.130 e. The first-order valence-corrected chi connectivity index (χ1v) is 4.31. The summed E-state index contributed by atoms with van der Waals surface area (Å²) in [4.78, 5) is 0. The molecule has 2 saturated heterocycles. The zero-order chi connectivity index (χ0) is 7.73.